The van der Waals surface area contributed by atoms with Gasteiger partial charge in [0.2, 0.25) is 0 Å². The second-order valence-corrected chi connectivity index (χ2v) is 4.28. The Morgan fingerprint density at radius 2 is 1.67 bits per heavy atom. The molecule has 0 spiro atoms. The lowest BCUT2D eigenvalue weighted by molar-refractivity contribution is -0.394. The highest BCUT2D eigenvalue weighted by Gasteiger charge is 2.22. The molecule has 0 bridgehead atoms. The van der Waals surface area contributed by atoms with Crippen molar-refractivity contribution < 1.29 is 14.6 Å². The first kappa shape index (κ1) is 14.5. The maximum absolute atomic E-state index is 12.2. The molecule has 1 aromatic heterocycles. The smallest absolute Gasteiger partial charge is 0.277 e. The lowest BCUT2D eigenvalue weighted by Gasteiger charge is -2.03. The number of nitro benzene ring substituents is 2. The van der Waals surface area contributed by atoms with Crippen molar-refractivity contribution in [3.8, 4) is 0 Å². The number of halogens is 1. The Kier molecular flexibility index (Phi) is 3.90. The van der Waals surface area contributed by atoms with E-state index in [2.05, 4.69) is 4.98 Å². The first-order chi connectivity index (χ1) is 9.90. The topological polar surface area (TPSA) is 116 Å². The maximum Gasteiger partial charge on any atom is 0.277 e. The molecule has 2 aromatic rings. The van der Waals surface area contributed by atoms with Crippen molar-refractivity contribution in [2.45, 2.75) is 0 Å². The van der Waals surface area contributed by atoms with Gasteiger partial charge in [-0.15, -0.1) is 0 Å². The summed E-state index contributed by atoms with van der Waals surface area (Å²) in [4.78, 5) is 35.9. The van der Waals surface area contributed by atoms with E-state index in [0.717, 1.165) is 18.2 Å². The molecule has 106 valence electrons. The standard InChI is InChI=1S/C12H6ClN3O5/c13-12-10(2-1-3-14-12)11(17)7-4-8(15(18)19)6-9(5-7)16(20)21/h1-6H. The number of benzene rings is 1. The number of nitro groups is 2. The van der Waals surface area contributed by atoms with Gasteiger partial charge in [-0.1, -0.05) is 11.6 Å². The molecule has 0 fully saturated rings. The SMILES string of the molecule is O=C(c1cc([N+](=O)[O-])cc([N+](=O)[O-])c1)c1cccnc1Cl. The minimum absolute atomic E-state index is 0.00830. The van der Waals surface area contributed by atoms with E-state index in [0.29, 0.717) is 0 Å². The van der Waals surface area contributed by atoms with Crippen LogP contribution in [-0.2, 0) is 0 Å². The van der Waals surface area contributed by atoms with Gasteiger partial charge >= 0.3 is 0 Å². The second-order valence-electron chi connectivity index (χ2n) is 3.92. The van der Waals surface area contributed by atoms with Gasteiger partial charge < -0.3 is 0 Å². The van der Waals surface area contributed by atoms with Gasteiger partial charge in [0.05, 0.1) is 21.5 Å². The highest BCUT2D eigenvalue weighted by Crippen LogP contribution is 2.25. The van der Waals surface area contributed by atoms with Crippen LogP contribution in [0.25, 0.3) is 0 Å². The van der Waals surface area contributed by atoms with Gasteiger partial charge in [-0.05, 0) is 12.1 Å². The van der Waals surface area contributed by atoms with Crippen LogP contribution in [0.1, 0.15) is 15.9 Å². The number of aromatic nitrogens is 1. The number of nitrogens with zero attached hydrogens (tertiary/aromatic N) is 3. The van der Waals surface area contributed by atoms with E-state index in [9.17, 15) is 25.0 Å². The average molecular weight is 308 g/mol. The van der Waals surface area contributed by atoms with E-state index in [-0.39, 0.29) is 16.3 Å². The zero-order valence-electron chi connectivity index (χ0n) is 10.2. The average Bonchev–Trinajstić information content (AvgIpc) is 2.46. The van der Waals surface area contributed by atoms with Gasteiger partial charge in [-0.3, -0.25) is 25.0 Å². The summed E-state index contributed by atoms with van der Waals surface area (Å²) >= 11 is 5.77. The fraction of sp³-hybridized carbons (Fsp3) is 0. The monoisotopic (exact) mass is 307 g/mol. The van der Waals surface area contributed by atoms with Gasteiger partial charge in [0, 0.05) is 23.9 Å². The molecule has 8 nitrogen and oxygen atoms in total. The van der Waals surface area contributed by atoms with E-state index in [1.54, 1.807) is 0 Å². The second kappa shape index (κ2) is 5.63. The van der Waals surface area contributed by atoms with Gasteiger partial charge in [-0.2, -0.15) is 0 Å². The number of carbonyl (C=O) groups is 1. The number of non-ortho nitro benzene ring substituents is 2. The summed E-state index contributed by atoms with van der Waals surface area (Å²) in [6.07, 6.45) is 1.37. The van der Waals surface area contributed by atoms with Crippen LogP contribution >= 0.6 is 11.6 Å². The quantitative estimate of drug-likeness (QED) is 0.371. The van der Waals surface area contributed by atoms with Crippen LogP contribution in [0.3, 0.4) is 0 Å². The van der Waals surface area contributed by atoms with E-state index >= 15 is 0 Å². The molecule has 0 aliphatic carbocycles. The Bertz CT molecular complexity index is 730. The lowest BCUT2D eigenvalue weighted by Crippen LogP contribution is -2.05. The van der Waals surface area contributed by atoms with Crippen LogP contribution in [0, 0.1) is 20.2 Å². The van der Waals surface area contributed by atoms with E-state index in [4.69, 9.17) is 11.6 Å². The third-order valence-corrected chi connectivity index (χ3v) is 2.89. The van der Waals surface area contributed by atoms with Crippen molar-refractivity contribution in [1.82, 2.24) is 4.98 Å². The van der Waals surface area contributed by atoms with Crippen molar-refractivity contribution in [3.05, 3.63) is 73.0 Å². The van der Waals surface area contributed by atoms with Crippen LogP contribution in [0.15, 0.2) is 36.5 Å². The van der Waals surface area contributed by atoms with Crippen molar-refractivity contribution in [1.29, 1.82) is 0 Å². The Labute approximate surface area is 122 Å². The highest BCUT2D eigenvalue weighted by molar-refractivity contribution is 6.33. The van der Waals surface area contributed by atoms with Crippen LogP contribution in [-0.4, -0.2) is 20.6 Å². The molecule has 0 aliphatic heterocycles. The molecule has 1 heterocycles. The molecule has 9 heteroatoms. The van der Waals surface area contributed by atoms with E-state index in [1.165, 1.54) is 18.3 Å². The molecule has 0 saturated heterocycles. The summed E-state index contributed by atoms with van der Waals surface area (Å²) in [7, 11) is 0. The van der Waals surface area contributed by atoms with E-state index < -0.39 is 27.0 Å². The molecule has 2 rings (SSSR count). The van der Waals surface area contributed by atoms with Crippen LogP contribution in [0.5, 0.6) is 0 Å². The van der Waals surface area contributed by atoms with Gasteiger partial charge in [0.15, 0.2) is 5.78 Å². The van der Waals surface area contributed by atoms with Gasteiger partial charge in [-0.25, -0.2) is 4.98 Å². The normalized spacial score (nSPS) is 10.1. The molecule has 21 heavy (non-hydrogen) atoms. The molecular formula is C12H6ClN3O5. The summed E-state index contributed by atoms with van der Waals surface area (Å²) in [5.41, 5.74) is -1.29. The fourth-order valence-corrected chi connectivity index (χ4v) is 1.85. The third-order valence-electron chi connectivity index (χ3n) is 2.59. The third kappa shape index (κ3) is 3.00. The van der Waals surface area contributed by atoms with Crippen molar-refractivity contribution in [2.75, 3.05) is 0 Å². The van der Waals surface area contributed by atoms with Crippen molar-refractivity contribution in [2.24, 2.45) is 0 Å². The fourth-order valence-electron chi connectivity index (χ4n) is 1.65. The molecule has 0 radical (unpaired) electrons. The number of hydrogen-bond donors (Lipinski definition) is 0. The number of carbonyl (C=O) groups excluding carboxylic acids is 1. The van der Waals surface area contributed by atoms with Crippen LogP contribution in [0.4, 0.5) is 11.4 Å². The zero-order valence-corrected chi connectivity index (χ0v) is 11.0. The molecule has 0 N–H and O–H groups in total. The first-order valence-corrected chi connectivity index (χ1v) is 5.87. The maximum atomic E-state index is 12.2. The lowest BCUT2D eigenvalue weighted by atomic mass is 10.0. The highest BCUT2D eigenvalue weighted by atomic mass is 35.5. The summed E-state index contributed by atoms with van der Waals surface area (Å²) in [5, 5.41) is 21.5. The Morgan fingerprint density at radius 3 is 2.14 bits per heavy atom. The van der Waals surface area contributed by atoms with E-state index in [1.807, 2.05) is 0 Å². The van der Waals surface area contributed by atoms with Crippen LogP contribution < -0.4 is 0 Å². The minimum Gasteiger partial charge on any atom is -0.288 e. The van der Waals surface area contributed by atoms with Crippen LogP contribution in [0.2, 0.25) is 5.15 Å². The summed E-state index contributed by atoms with van der Waals surface area (Å²) in [6, 6.07) is 5.53. The first-order valence-electron chi connectivity index (χ1n) is 5.49. The Hall–Kier alpha value is -2.87. The molecule has 0 aliphatic rings. The molecular weight excluding hydrogens is 302 g/mol. The van der Waals surface area contributed by atoms with Gasteiger partial charge in [0.25, 0.3) is 11.4 Å². The summed E-state index contributed by atoms with van der Waals surface area (Å²) in [5.74, 6) is -0.681. The summed E-state index contributed by atoms with van der Waals surface area (Å²) < 4.78 is 0. The Balaban J connectivity index is 2.58. The molecule has 0 amide bonds. The minimum atomic E-state index is -0.811. The zero-order chi connectivity index (χ0) is 15.6. The number of rotatable bonds is 4. The number of hydrogen-bond acceptors (Lipinski definition) is 6. The molecule has 0 saturated carbocycles. The largest absolute Gasteiger partial charge is 0.288 e. The summed E-state index contributed by atoms with van der Waals surface area (Å²) in [6.45, 7) is 0. The number of pyridine rings is 1. The number of ketones is 1. The predicted molar refractivity (Wildman–Crippen MR) is 72.4 cm³/mol. The molecule has 0 unspecified atom stereocenters. The predicted octanol–water partition coefficient (Wildman–Crippen LogP) is 2.78. The van der Waals surface area contributed by atoms with Crippen molar-refractivity contribution in [3.63, 3.8) is 0 Å². The molecule has 1 aromatic carbocycles. The van der Waals surface area contributed by atoms with Gasteiger partial charge in [0.1, 0.15) is 5.15 Å². The Morgan fingerprint density at radius 1 is 1.10 bits per heavy atom. The van der Waals surface area contributed by atoms with Crippen molar-refractivity contribution >= 4 is 28.8 Å². The molecule has 0 atom stereocenters.